The molecule has 0 spiro atoms. The van der Waals surface area contributed by atoms with Gasteiger partial charge in [0, 0.05) is 11.3 Å². The summed E-state index contributed by atoms with van der Waals surface area (Å²) in [6.07, 6.45) is -2.06. The van der Waals surface area contributed by atoms with Gasteiger partial charge in [-0.1, -0.05) is 13.0 Å². The lowest BCUT2D eigenvalue weighted by atomic mass is 10.1. The fraction of sp³-hybridized carbons (Fsp3) is 0.300. The molecule has 32 heavy (non-hydrogen) atoms. The lowest BCUT2D eigenvalue weighted by Gasteiger charge is -2.13. The van der Waals surface area contributed by atoms with Gasteiger partial charge in [0.05, 0.1) is 22.9 Å². The molecule has 3 aromatic rings. The van der Waals surface area contributed by atoms with Crippen molar-refractivity contribution in [1.29, 1.82) is 0 Å². The molecule has 12 heteroatoms. The first-order chi connectivity index (χ1) is 15.0. The molecule has 1 aliphatic rings. The predicted octanol–water partition coefficient (Wildman–Crippen LogP) is 2.94. The molecule has 0 atom stereocenters. The second-order valence-corrected chi connectivity index (χ2v) is 9.59. The minimum absolute atomic E-state index is 0.00444. The largest absolute Gasteiger partial charge is 0.416 e. The van der Waals surface area contributed by atoms with Crippen molar-refractivity contribution in [2.75, 3.05) is 11.1 Å². The topological polar surface area (TPSA) is 111 Å². The van der Waals surface area contributed by atoms with E-state index in [1.54, 1.807) is 0 Å². The molecule has 0 bridgehead atoms. The van der Waals surface area contributed by atoms with Gasteiger partial charge in [-0.15, -0.1) is 0 Å². The van der Waals surface area contributed by atoms with Gasteiger partial charge in [0.15, 0.2) is 15.7 Å². The Morgan fingerprint density at radius 1 is 1.22 bits per heavy atom. The smallest absolute Gasteiger partial charge is 0.310 e. The van der Waals surface area contributed by atoms with Gasteiger partial charge in [0.2, 0.25) is 5.91 Å². The number of benzene rings is 1. The number of alkyl halides is 3. The Morgan fingerprint density at radius 3 is 2.56 bits per heavy atom. The highest BCUT2D eigenvalue weighted by molar-refractivity contribution is 7.91. The van der Waals surface area contributed by atoms with Crippen LogP contribution in [0.25, 0.3) is 16.6 Å². The van der Waals surface area contributed by atoms with E-state index in [9.17, 15) is 31.2 Å². The maximum atomic E-state index is 13.1. The number of nitrogens with one attached hydrogen (secondary N) is 1. The third-order valence-corrected chi connectivity index (χ3v) is 6.82. The molecule has 1 aliphatic carbocycles. The van der Waals surface area contributed by atoms with E-state index in [4.69, 9.17) is 0 Å². The van der Waals surface area contributed by atoms with Crippen LogP contribution in [0.4, 0.5) is 19.0 Å². The van der Waals surface area contributed by atoms with Crippen molar-refractivity contribution in [1.82, 2.24) is 14.8 Å². The van der Waals surface area contributed by atoms with E-state index >= 15 is 0 Å². The van der Waals surface area contributed by atoms with Gasteiger partial charge in [-0.2, -0.15) is 23.0 Å². The number of amides is 1. The fourth-order valence-corrected chi connectivity index (χ4v) is 4.09. The number of aromatic nitrogens is 3. The zero-order valence-corrected chi connectivity index (χ0v) is 17.5. The Bertz CT molecular complexity index is 1400. The SMILES string of the molecule is CCS(=O)(=O)c1ccc(NC(=O)C2CC2)nc1-n1ncc2ccc(C(F)(F)F)cc2c1=O. The number of sulfone groups is 1. The Hall–Kier alpha value is -3.28. The molecule has 1 N–H and O–H groups in total. The zero-order chi connectivity index (χ0) is 23.3. The Balaban J connectivity index is 1.92. The quantitative estimate of drug-likeness (QED) is 0.619. The molecule has 1 amide bonds. The maximum Gasteiger partial charge on any atom is 0.416 e. The van der Waals surface area contributed by atoms with Crippen molar-refractivity contribution in [2.24, 2.45) is 5.92 Å². The number of hydrogen-bond donors (Lipinski definition) is 1. The molecular formula is C20H17F3N4O4S. The van der Waals surface area contributed by atoms with Gasteiger partial charge in [-0.05, 0) is 37.1 Å². The summed E-state index contributed by atoms with van der Waals surface area (Å²) in [6, 6.07) is 5.10. The van der Waals surface area contributed by atoms with Crippen LogP contribution >= 0.6 is 0 Å². The highest BCUT2D eigenvalue weighted by Gasteiger charge is 2.32. The molecule has 0 saturated heterocycles. The molecule has 1 fully saturated rings. The van der Waals surface area contributed by atoms with Gasteiger partial charge in [-0.3, -0.25) is 9.59 Å². The third-order valence-electron chi connectivity index (χ3n) is 5.07. The summed E-state index contributed by atoms with van der Waals surface area (Å²) in [5.74, 6) is -1.14. The summed E-state index contributed by atoms with van der Waals surface area (Å²) in [5.41, 5.74) is -2.00. The Labute approximate surface area is 180 Å². The Morgan fingerprint density at radius 2 is 1.94 bits per heavy atom. The molecular weight excluding hydrogens is 449 g/mol. The first kappa shape index (κ1) is 21.9. The number of anilines is 1. The highest BCUT2D eigenvalue weighted by Crippen LogP contribution is 2.31. The predicted molar refractivity (Wildman–Crippen MR) is 109 cm³/mol. The number of fused-ring (bicyclic) bond motifs is 1. The first-order valence-electron chi connectivity index (χ1n) is 9.65. The van der Waals surface area contributed by atoms with Gasteiger partial charge in [-0.25, -0.2) is 13.4 Å². The summed E-state index contributed by atoms with van der Waals surface area (Å²) < 4.78 is 65.2. The van der Waals surface area contributed by atoms with E-state index in [0.29, 0.717) is 10.7 Å². The van der Waals surface area contributed by atoms with Crippen LogP contribution in [0.5, 0.6) is 0 Å². The van der Waals surface area contributed by atoms with Crippen molar-refractivity contribution < 1.29 is 26.4 Å². The van der Waals surface area contributed by atoms with Gasteiger partial charge in [0.1, 0.15) is 10.7 Å². The highest BCUT2D eigenvalue weighted by atomic mass is 32.2. The van der Waals surface area contributed by atoms with E-state index < -0.39 is 33.0 Å². The number of carbonyl (C=O) groups excluding carboxylic acids is 1. The maximum absolute atomic E-state index is 13.1. The van der Waals surface area contributed by atoms with E-state index in [0.717, 1.165) is 31.2 Å². The van der Waals surface area contributed by atoms with Crippen molar-refractivity contribution >= 4 is 32.3 Å². The molecule has 2 heterocycles. The van der Waals surface area contributed by atoms with Crippen LogP contribution in [0.1, 0.15) is 25.3 Å². The summed E-state index contributed by atoms with van der Waals surface area (Å²) in [5, 5.41) is 6.34. The summed E-state index contributed by atoms with van der Waals surface area (Å²) in [7, 11) is -3.88. The average molecular weight is 466 g/mol. The van der Waals surface area contributed by atoms with Crippen LogP contribution < -0.4 is 10.9 Å². The normalized spacial score (nSPS) is 14.5. The number of rotatable bonds is 5. The second-order valence-electron chi connectivity index (χ2n) is 7.35. The lowest BCUT2D eigenvalue weighted by Crippen LogP contribution is -2.25. The standard InChI is InChI=1S/C20H17F3N4O4S/c1-2-32(30,31)15-7-8-16(26-18(28)11-3-4-11)25-17(15)27-19(29)14-9-13(20(21,22)23)6-5-12(14)10-24-27/h5-11H,2-4H2,1H3,(H,25,26,28). The van der Waals surface area contributed by atoms with Crippen molar-refractivity contribution in [3.05, 3.63) is 52.4 Å². The molecule has 0 unspecified atom stereocenters. The molecule has 4 rings (SSSR count). The Kier molecular flexibility index (Phi) is 5.27. The second kappa shape index (κ2) is 7.69. The van der Waals surface area contributed by atoms with E-state index in [2.05, 4.69) is 15.4 Å². The molecule has 0 aliphatic heterocycles. The molecule has 1 saturated carbocycles. The van der Waals surface area contributed by atoms with Crippen LogP contribution in [0.15, 0.2) is 46.2 Å². The van der Waals surface area contributed by atoms with Gasteiger partial charge < -0.3 is 5.32 Å². The van der Waals surface area contributed by atoms with E-state index in [-0.39, 0.29) is 39.1 Å². The lowest BCUT2D eigenvalue weighted by molar-refractivity contribution is -0.137. The van der Waals surface area contributed by atoms with Crippen LogP contribution in [0, 0.1) is 5.92 Å². The minimum Gasteiger partial charge on any atom is -0.310 e. The van der Waals surface area contributed by atoms with Crippen LogP contribution in [0.3, 0.4) is 0 Å². The summed E-state index contributed by atoms with van der Waals surface area (Å²) in [6.45, 7) is 1.40. The van der Waals surface area contributed by atoms with Gasteiger partial charge >= 0.3 is 6.18 Å². The monoisotopic (exact) mass is 466 g/mol. The van der Waals surface area contributed by atoms with Crippen molar-refractivity contribution in [3.63, 3.8) is 0 Å². The minimum atomic E-state index is -4.67. The van der Waals surface area contributed by atoms with Gasteiger partial charge in [0.25, 0.3) is 5.56 Å². The molecule has 0 radical (unpaired) electrons. The average Bonchev–Trinajstić information content (AvgIpc) is 3.58. The summed E-state index contributed by atoms with van der Waals surface area (Å²) >= 11 is 0. The van der Waals surface area contributed by atoms with E-state index in [1.807, 2.05) is 0 Å². The number of pyridine rings is 1. The third kappa shape index (κ3) is 4.09. The van der Waals surface area contributed by atoms with Crippen LogP contribution in [-0.4, -0.2) is 34.8 Å². The van der Waals surface area contributed by atoms with Crippen LogP contribution in [0.2, 0.25) is 0 Å². The van der Waals surface area contributed by atoms with Crippen molar-refractivity contribution in [3.8, 4) is 5.82 Å². The first-order valence-corrected chi connectivity index (χ1v) is 11.3. The molecule has 168 valence electrons. The van der Waals surface area contributed by atoms with Crippen LogP contribution in [-0.2, 0) is 20.8 Å². The number of hydrogen-bond acceptors (Lipinski definition) is 6. The zero-order valence-electron chi connectivity index (χ0n) is 16.7. The number of halogens is 3. The molecule has 8 nitrogen and oxygen atoms in total. The molecule has 2 aromatic heterocycles. The number of carbonyl (C=O) groups is 1. The van der Waals surface area contributed by atoms with E-state index in [1.165, 1.54) is 19.1 Å². The fourth-order valence-electron chi connectivity index (χ4n) is 3.10. The summed E-state index contributed by atoms with van der Waals surface area (Å²) in [4.78, 5) is 28.9. The number of nitrogens with zero attached hydrogens (tertiary/aromatic N) is 3. The molecule has 1 aromatic carbocycles. The van der Waals surface area contributed by atoms with Crippen molar-refractivity contribution in [2.45, 2.75) is 30.8 Å².